The summed E-state index contributed by atoms with van der Waals surface area (Å²) in [7, 11) is 0. The summed E-state index contributed by atoms with van der Waals surface area (Å²) in [6.07, 6.45) is 0.972. The topological polar surface area (TPSA) is 49.3 Å². The van der Waals surface area contributed by atoms with E-state index in [1.165, 1.54) is 23.1 Å². The van der Waals surface area contributed by atoms with Crippen molar-refractivity contribution in [3.8, 4) is 0 Å². The summed E-state index contributed by atoms with van der Waals surface area (Å²) < 4.78 is 13.7. The predicted molar refractivity (Wildman–Crippen MR) is 79.1 cm³/mol. The third-order valence-corrected chi connectivity index (χ3v) is 4.46. The maximum absolute atomic E-state index is 13.7. The van der Waals surface area contributed by atoms with E-state index < -0.39 is 11.8 Å². The van der Waals surface area contributed by atoms with Crippen molar-refractivity contribution in [3.63, 3.8) is 0 Å². The van der Waals surface area contributed by atoms with E-state index in [1.807, 2.05) is 13.0 Å². The van der Waals surface area contributed by atoms with Gasteiger partial charge in [0.15, 0.2) is 0 Å². The Hall–Kier alpha value is -1.88. The first-order chi connectivity index (χ1) is 9.51. The summed E-state index contributed by atoms with van der Waals surface area (Å²) in [5, 5.41) is 12.0. The Morgan fingerprint density at radius 3 is 2.75 bits per heavy atom. The number of rotatable bonds is 5. The van der Waals surface area contributed by atoms with Crippen LogP contribution in [0, 0.1) is 5.82 Å². The molecule has 0 radical (unpaired) electrons. The molecule has 0 amide bonds. The molecule has 3 nitrogen and oxygen atoms in total. The van der Waals surface area contributed by atoms with Gasteiger partial charge in [0.1, 0.15) is 5.82 Å². The number of aromatic carboxylic acids is 1. The second kappa shape index (κ2) is 6.05. The fraction of sp³-hybridized carbons (Fsp3) is 0.267. The first-order valence-electron chi connectivity index (χ1n) is 6.39. The monoisotopic (exact) mass is 293 g/mol. The summed E-state index contributed by atoms with van der Waals surface area (Å²) in [6.45, 7) is 4.02. The number of halogens is 1. The number of hydrogen-bond donors (Lipinski definition) is 2. The fourth-order valence-corrected chi connectivity index (χ4v) is 2.85. The van der Waals surface area contributed by atoms with Crippen LogP contribution in [0.2, 0.25) is 0 Å². The summed E-state index contributed by atoms with van der Waals surface area (Å²) in [4.78, 5) is 13.3. The molecule has 0 aliphatic rings. The van der Waals surface area contributed by atoms with Crippen LogP contribution in [0.5, 0.6) is 0 Å². The molecule has 0 fully saturated rings. The zero-order valence-electron chi connectivity index (χ0n) is 11.3. The lowest BCUT2D eigenvalue weighted by Crippen LogP contribution is -2.08. The molecule has 1 unspecified atom stereocenters. The van der Waals surface area contributed by atoms with Crippen molar-refractivity contribution in [2.75, 3.05) is 5.32 Å². The van der Waals surface area contributed by atoms with Gasteiger partial charge in [0, 0.05) is 9.75 Å². The molecule has 0 aliphatic carbocycles. The molecule has 0 spiro atoms. The van der Waals surface area contributed by atoms with Crippen molar-refractivity contribution in [1.29, 1.82) is 0 Å². The standard InChI is InChI=1S/C15H16FNO2S/c1-3-11-5-7-14(20-11)9(2)17-13-8-10(15(18)19)4-6-12(13)16/h4-9,17H,3H2,1-2H3,(H,18,19). The van der Waals surface area contributed by atoms with E-state index in [-0.39, 0.29) is 17.3 Å². The van der Waals surface area contributed by atoms with Gasteiger partial charge in [0.25, 0.3) is 0 Å². The molecule has 1 atom stereocenters. The van der Waals surface area contributed by atoms with Crippen LogP contribution in [0.15, 0.2) is 30.3 Å². The van der Waals surface area contributed by atoms with Crippen molar-refractivity contribution >= 4 is 23.0 Å². The molecule has 5 heteroatoms. The van der Waals surface area contributed by atoms with E-state index in [2.05, 4.69) is 18.3 Å². The van der Waals surface area contributed by atoms with E-state index in [1.54, 1.807) is 11.3 Å². The Balaban J connectivity index is 2.20. The highest BCUT2D eigenvalue weighted by Crippen LogP contribution is 2.28. The minimum absolute atomic E-state index is 0.0705. The molecule has 1 aromatic carbocycles. The maximum Gasteiger partial charge on any atom is 0.335 e. The average molecular weight is 293 g/mol. The van der Waals surface area contributed by atoms with Crippen molar-refractivity contribution in [2.45, 2.75) is 26.3 Å². The SMILES string of the molecule is CCc1ccc(C(C)Nc2cc(C(=O)O)ccc2F)s1. The molecule has 0 saturated heterocycles. The third-order valence-electron chi connectivity index (χ3n) is 3.04. The van der Waals surface area contributed by atoms with Crippen LogP contribution in [-0.2, 0) is 6.42 Å². The molecule has 0 bridgehead atoms. The van der Waals surface area contributed by atoms with Gasteiger partial charge >= 0.3 is 5.97 Å². The van der Waals surface area contributed by atoms with Crippen molar-refractivity contribution in [2.24, 2.45) is 0 Å². The van der Waals surface area contributed by atoms with Crippen LogP contribution in [0.3, 0.4) is 0 Å². The van der Waals surface area contributed by atoms with Gasteiger partial charge < -0.3 is 10.4 Å². The first-order valence-corrected chi connectivity index (χ1v) is 7.21. The van der Waals surface area contributed by atoms with Crippen LogP contribution >= 0.6 is 11.3 Å². The minimum atomic E-state index is -1.06. The highest BCUT2D eigenvalue weighted by Gasteiger charge is 2.13. The lowest BCUT2D eigenvalue weighted by atomic mass is 10.1. The molecule has 2 rings (SSSR count). The largest absolute Gasteiger partial charge is 0.478 e. The Morgan fingerprint density at radius 2 is 2.15 bits per heavy atom. The quantitative estimate of drug-likeness (QED) is 0.863. The Morgan fingerprint density at radius 1 is 1.40 bits per heavy atom. The molecule has 1 heterocycles. The second-order valence-electron chi connectivity index (χ2n) is 4.52. The number of benzene rings is 1. The maximum atomic E-state index is 13.7. The lowest BCUT2D eigenvalue weighted by molar-refractivity contribution is 0.0697. The minimum Gasteiger partial charge on any atom is -0.478 e. The molecule has 0 aliphatic heterocycles. The van der Waals surface area contributed by atoms with Crippen LogP contribution < -0.4 is 5.32 Å². The van der Waals surface area contributed by atoms with E-state index in [0.29, 0.717) is 0 Å². The van der Waals surface area contributed by atoms with Crippen LogP contribution in [0.4, 0.5) is 10.1 Å². The summed E-state index contributed by atoms with van der Waals surface area (Å²) in [6, 6.07) is 7.75. The summed E-state index contributed by atoms with van der Waals surface area (Å²) in [5.74, 6) is -1.51. The zero-order chi connectivity index (χ0) is 14.7. The smallest absolute Gasteiger partial charge is 0.335 e. The Labute approximate surface area is 121 Å². The molecule has 1 aromatic heterocycles. The number of hydrogen-bond acceptors (Lipinski definition) is 3. The van der Waals surface area contributed by atoms with Crippen molar-refractivity contribution in [1.82, 2.24) is 0 Å². The highest BCUT2D eigenvalue weighted by molar-refractivity contribution is 7.12. The van der Waals surface area contributed by atoms with Gasteiger partial charge in [-0.3, -0.25) is 0 Å². The Kier molecular flexibility index (Phi) is 4.39. The lowest BCUT2D eigenvalue weighted by Gasteiger charge is -2.15. The van der Waals surface area contributed by atoms with Gasteiger partial charge in [-0.05, 0) is 43.7 Å². The third kappa shape index (κ3) is 3.17. The van der Waals surface area contributed by atoms with Gasteiger partial charge in [-0.1, -0.05) is 6.92 Å². The number of thiophene rings is 1. The second-order valence-corrected chi connectivity index (χ2v) is 5.72. The van der Waals surface area contributed by atoms with Crippen LogP contribution in [0.25, 0.3) is 0 Å². The number of aryl methyl sites for hydroxylation is 1. The fourth-order valence-electron chi connectivity index (χ4n) is 1.89. The van der Waals surface area contributed by atoms with E-state index in [9.17, 15) is 9.18 Å². The molecule has 2 aromatic rings. The molecular formula is C15H16FNO2S. The van der Waals surface area contributed by atoms with Crippen LogP contribution in [-0.4, -0.2) is 11.1 Å². The van der Waals surface area contributed by atoms with E-state index in [4.69, 9.17) is 5.11 Å². The van der Waals surface area contributed by atoms with Crippen molar-refractivity contribution in [3.05, 3.63) is 51.5 Å². The van der Waals surface area contributed by atoms with Gasteiger partial charge in [0.2, 0.25) is 0 Å². The molecule has 20 heavy (non-hydrogen) atoms. The number of carboxylic acid groups (broad SMARTS) is 1. The number of carboxylic acids is 1. The van der Waals surface area contributed by atoms with Gasteiger partial charge in [0.05, 0.1) is 17.3 Å². The van der Waals surface area contributed by atoms with Gasteiger partial charge in [-0.25, -0.2) is 9.18 Å². The van der Waals surface area contributed by atoms with Gasteiger partial charge in [-0.15, -0.1) is 11.3 Å². The number of nitrogens with one attached hydrogen (secondary N) is 1. The molecule has 106 valence electrons. The normalized spacial score (nSPS) is 12.2. The molecular weight excluding hydrogens is 277 g/mol. The summed E-state index contributed by atoms with van der Waals surface area (Å²) >= 11 is 1.68. The van der Waals surface area contributed by atoms with Crippen LogP contribution in [0.1, 0.15) is 40.0 Å². The first kappa shape index (κ1) is 14.5. The van der Waals surface area contributed by atoms with Crippen molar-refractivity contribution < 1.29 is 14.3 Å². The Bertz CT molecular complexity index is 624. The number of anilines is 1. The summed E-state index contributed by atoms with van der Waals surface area (Å²) in [5.41, 5.74) is 0.283. The zero-order valence-corrected chi connectivity index (χ0v) is 12.1. The average Bonchev–Trinajstić information content (AvgIpc) is 2.89. The van der Waals surface area contributed by atoms with Gasteiger partial charge in [-0.2, -0.15) is 0 Å². The van der Waals surface area contributed by atoms with E-state index >= 15 is 0 Å². The predicted octanol–water partition coefficient (Wildman–Crippen LogP) is 4.32. The highest BCUT2D eigenvalue weighted by atomic mass is 32.1. The molecule has 0 saturated carbocycles. The number of carbonyl (C=O) groups is 1. The molecule has 2 N–H and O–H groups in total. The van der Waals surface area contributed by atoms with E-state index in [0.717, 1.165) is 11.3 Å².